The summed E-state index contributed by atoms with van der Waals surface area (Å²) < 4.78 is 10.2. The van der Waals surface area contributed by atoms with E-state index in [2.05, 4.69) is 10.6 Å². The van der Waals surface area contributed by atoms with E-state index < -0.39 is 35.8 Å². The standard InChI is InChI=1S/C21H23N3O6S/c1-12(23-17(25)9-6-14-4-7-15(29-3)8-5-14)21(28)30-13(2)19(27)24-20-16(18(22)26)10-11-31-20/h4-13H,1-3H3,(H2,22,26)(H,23,25)(H,24,27)/b9-6+/t12-,13?/m0/s1. The number of carbonyl (C=O) groups is 4. The number of anilines is 1. The van der Waals surface area contributed by atoms with Crippen LogP contribution in [-0.4, -0.2) is 42.9 Å². The first kappa shape index (κ1) is 23.6. The van der Waals surface area contributed by atoms with Crippen LogP contribution in [0.2, 0.25) is 0 Å². The maximum Gasteiger partial charge on any atom is 0.329 e. The van der Waals surface area contributed by atoms with Gasteiger partial charge in [0.2, 0.25) is 5.91 Å². The number of methoxy groups -OCH3 is 1. The molecular weight excluding hydrogens is 422 g/mol. The van der Waals surface area contributed by atoms with E-state index in [1.807, 2.05) is 0 Å². The normalized spacial score (nSPS) is 12.6. The Morgan fingerprint density at radius 2 is 1.77 bits per heavy atom. The van der Waals surface area contributed by atoms with Crippen molar-refractivity contribution < 1.29 is 28.7 Å². The molecule has 0 spiro atoms. The number of thiophene rings is 1. The first-order valence-corrected chi connectivity index (χ1v) is 10.1. The van der Waals surface area contributed by atoms with Crippen LogP contribution in [0.3, 0.4) is 0 Å². The van der Waals surface area contributed by atoms with Gasteiger partial charge in [-0.1, -0.05) is 12.1 Å². The second-order valence-electron chi connectivity index (χ2n) is 6.43. The summed E-state index contributed by atoms with van der Waals surface area (Å²) in [6.07, 6.45) is 1.72. The molecular formula is C21H23N3O6S. The lowest BCUT2D eigenvalue weighted by Crippen LogP contribution is -2.41. The van der Waals surface area contributed by atoms with Gasteiger partial charge in [0.15, 0.2) is 6.10 Å². The van der Waals surface area contributed by atoms with Crippen molar-refractivity contribution in [2.24, 2.45) is 5.73 Å². The smallest absolute Gasteiger partial charge is 0.329 e. The molecule has 31 heavy (non-hydrogen) atoms. The minimum absolute atomic E-state index is 0.168. The van der Waals surface area contributed by atoms with Gasteiger partial charge in [-0.2, -0.15) is 0 Å². The molecule has 0 radical (unpaired) electrons. The predicted molar refractivity (Wildman–Crippen MR) is 117 cm³/mol. The highest BCUT2D eigenvalue weighted by Gasteiger charge is 2.24. The third kappa shape index (κ3) is 6.96. The van der Waals surface area contributed by atoms with Crippen LogP contribution in [0.5, 0.6) is 5.75 Å². The number of carbonyl (C=O) groups excluding carboxylic acids is 4. The number of nitrogens with one attached hydrogen (secondary N) is 2. The second kappa shape index (κ2) is 10.9. The van der Waals surface area contributed by atoms with E-state index >= 15 is 0 Å². The van der Waals surface area contributed by atoms with Crippen LogP contribution in [0.4, 0.5) is 5.00 Å². The van der Waals surface area contributed by atoms with Crippen molar-refractivity contribution in [3.63, 3.8) is 0 Å². The molecule has 3 amide bonds. The summed E-state index contributed by atoms with van der Waals surface area (Å²) in [7, 11) is 1.56. The molecule has 0 aliphatic rings. The van der Waals surface area contributed by atoms with Gasteiger partial charge in [0.05, 0.1) is 12.7 Å². The number of esters is 1. The van der Waals surface area contributed by atoms with E-state index in [4.69, 9.17) is 15.2 Å². The Hall–Kier alpha value is -3.66. The van der Waals surface area contributed by atoms with Crippen LogP contribution >= 0.6 is 11.3 Å². The van der Waals surface area contributed by atoms with Gasteiger partial charge in [-0.3, -0.25) is 14.4 Å². The number of hydrogen-bond donors (Lipinski definition) is 3. The number of rotatable bonds is 9. The Labute approximate surface area is 183 Å². The molecule has 2 atom stereocenters. The molecule has 1 aromatic heterocycles. The largest absolute Gasteiger partial charge is 0.497 e. The van der Waals surface area contributed by atoms with Crippen molar-refractivity contribution in [3.05, 3.63) is 52.9 Å². The molecule has 2 aromatic rings. The third-order valence-electron chi connectivity index (χ3n) is 4.08. The number of hydrogen-bond acceptors (Lipinski definition) is 7. The highest BCUT2D eigenvalue weighted by Crippen LogP contribution is 2.23. The first-order chi connectivity index (χ1) is 14.7. The van der Waals surface area contributed by atoms with Gasteiger partial charge in [0, 0.05) is 6.08 Å². The van der Waals surface area contributed by atoms with Gasteiger partial charge < -0.3 is 25.8 Å². The SMILES string of the molecule is COc1ccc(/C=C/C(=O)N[C@@H](C)C(=O)OC(C)C(=O)Nc2sccc2C(N)=O)cc1. The van der Waals surface area contributed by atoms with Crippen LogP contribution in [0.1, 0.15) is 29.8 Å². The molecule has 9 nitrogen and oxygen atoms in total. The van der Waals surface area contributed by atoms with E-state index in [1.54, 1.807) is 42.8 Å². The van der Waals surface area contributed by atoms with Crippen molar-refractivity contribution in [2.45, 2.75) is 26.0 Å². The van der Waals surface area contributed by atoms with Gasteiger partial charge in [-0.05, 0) is 49.1 Å². The van der Waals surface area contributed by atoms with Crippen LogP contribution in [0.15, 0.2) is 41.8 Å². The molecule has 1 heterocycles. The van der Waals surface area contributed by atoms with E-state index in [-0.39, 0.29) is 10.6 Å². The molecule has 0 fully saturated rings. The molecule has 0 aliphatic carbocycles. The van der Waals surface area contributed by atoms with E-state index in [1.165, 1.54) is 26.0 Å². The zero-order valence-corrected chi connectivity index (χ0v) is 18.0. The Balaban J connectivity index is 1.85. The summed E-state index contributed by atoms with van der Waals surface area (Å²) in [6.45, 7) is 2.82. The Bertz CT molecular complexity index is 983. The fourth-order valence-electron chi connectivity index (χ4n) is 2.35. The van der Waals surface area contributed by atoms with Gasteiger partial charge >= 0.3 is 5.97 Å². The molecule has 164 valence electrons. The van der Waals surface area contributed by atoms with Crippen molar-refractivity contribution >= 4 is 46.1 Å². The van der Waals surface area contributed by atoms with Crippen LogP contribution in [-0.2, 0) is 19.1 Å². The molecule has 1 unspecified atom stereocenters. The molecule has 4 N–H and O–H groups in total. The molecule has 10 heteroatoms. The second-order valence-corrected chi connectivity index (χ2v) is 7.35. The highest BCUT2D eigenvalue weighted by molar-refractivity contribution is 7.14. The minimum Gasteiger partial charge on any atom is -0.497 e. The van der Waals surface area contributed by atoms with Gasteiger partial charge in [-0.25, -0.2) is 4.79 Å². The molecule has 0 saturated carbocycles. The first-order valence-electron chi connectivity index (χ1n) is 9.22. The van der Waals surface area contributed by atoms with E-state index in [0.717, 1.165) is 16.9 Å². The van der Waals surface area contributed by atoms with Crippen LogP contribution < -0.4 is 21.1 Å². The van der Waals surface area contributed by atoms with Gasteiger partial charge in [-0.15, -0.1) is 11.3 Å². The average molecular weight is 445 g/mol. The summed E-state index contributed by atoms with van der Waals surface area (Å²) in [5.41, 5.74) is 6.18. The quantitative estimate of drug-likeness (QED) is 0.399. The van der Waals surface area contributed by atoms with Crippen molar-refractivity contribution in [3.8, 4) is 5.75 Å². The lowest BCUT2D eigenvalue weighted by Gasteiger charge is -2.17. The average Bonchev–Trinajstić information content (AvgIpc) is 3.20. The maximum absolute atomic E-state index is 12.2. The van der Waals surface area contributed by atoms with Gasteiger partial charge in [0.1, 0.15) is 16.8 Å². The van der Waals surface area contributed by atoms with Crippen molar-refractivity contribution in [1.29, 1.82) is 0 Å². The fraction of sp³-hybridized carbons (Fsp3) is 0.238. The molecule has 0 aliphatic heterocycles. The predicted octanol–water partition coefficient (Wildman–Crippen LogP) is 1.94. The van der Waals surface area contributed by atoms with E-state index in [9.17, 15) is 19.2 Å². The number of benzene rings is 1. The van der Waals surface area contributed by atoms with Crippen LogP contribution in [0, 0.1) is 0 Å². The number of primary amides is 1. The molecule has 1 aromatic carbocycles. The van der Waals surface area contributed by atoms with Crippen molar-refractivity contribution in [1.82, 2.24) is 5.32 Å². The van der Waals surface area contributed by atoms with Crippen molar-refractivity contribution in [2.75, 3.05) is 12.4 Å². The number of amides is 3. The summed E-state index contributed by atoms with van der Waals surface area (Å²) in [5.74, 6) is -1.89. The number of ether oxygens (including phenoxy) is 2. The van der Waals surface area contributed by atoms with Crippen LogP contribution in [0.25, 0.3) is 6.08 Å². The maximum atomic E-state index is 12.2. The minimum atomic E-state index is -1.15. The van der Waals surface area contributed by atoms with E-state index in [0.29, 0.717) is 5.75 Å². The monoisotopic (exact) mass is 445 g/mol. The Kier molecular flexibility index (Phi) is 8.33. The number of nitrogens with two attached hydrogens (primary N) is 1. The molecule has 0 saturated heterocycles. The third-order valence-corrected chi connectivity index (χ3v) is 4.91. The Morgan fingerprint density at radius 1 is 1.10 bits per heavy atom. The zero-order valence-electron chi connectivity index (χ0n) is 17.2. The summed E-state index contributed by atoms with van der Waals surface area (Å²) in [4.78, 5) is 47.8. The topological polar surface area (TPSA) is 137 Å². The summed E-state index contributed by atoms with van der Waals surface area (Å²) >= 11 is 1.12. The van der Waals surface area contributed by atoms with Gasteiger partial charge in [0.25, 0.3) is 11.8 Å². The molecule has 0 bridgehead atoms. The lowest BCUT2D eigenvalue weighted by atomic mass is 10.2. The summed E-state index contributed by atoms with van der Waals surface area (Å²) in [5, 5.41) is 6.84. The fourth-order valence-corrected chi connectivity index (χ4v) is 3.15. The zero-order chi connectivity index (χ0) is 23.0. The molecule has 2 rings (SSSR count). The lowest BCUT2D eigenvalue weighted by molar-refractivity contribution is -0.155. The Morgan fingerprint density at radius 3 is 2.39 bits per heavy atom. The highest BCUT2D eigenvalue weighted by atomic mass is 32.1. The summed E-state index contributed by atoms with van der Waals surface area (Å²) in [6, 6.07) is 7.57.